The monoisotopic (exact) mass is 472 g/mol. The lowest BCUT2D eigenvalue weighted by Gasteiger charge is -2.08. The molecule has 2 heterocycles. The van der Waals surface area contributed by atoms with Gasteiger partial charge in [0.1, 0.15) is 34.1 Å². The highest BCUT2D eigenvalue weighted by Crippen LogP contribution is 2.23. The Morgan fingerprint density at radius 2 is 1.91 bits per heavy atom. The van der Waals surface area contributed by atoms with Crippen molar-refractivity contribution in [2.24, 2.45) is 0 Å². The van der Waals surface area contributed by atoms with Gasteiger partial charge in [-0.3, -0.25) is 4.79 Å². The Hall–Kier alpha value is -3.30. The summed E-state index contributed by atoms with van der Waals surface area (Å²) in [4.78, 5) is 22.0. The molecule has 2 aromatic carbocycles. The Kier molecular flexibility index (Phi) is 6.48. The van der Waals surface area contributed by atoms with E-state index in [0.717, 1.165) is 0 Å². The maximum absolute atomic E-state index is 13.1. The van der Waals surface area contributed by atoms with Crippen LogP contribution < -0.4 is 10.1 Å². The Balaban J connectivity index is 1.39. The molecule has 0 aliphatic carbocycles. The third kappa shape index (κ3) is 5.12. The summed E-state index contributed by atoms with van der Waals surface area (Å²) in [5.74, 6) is 0.570. The molecule has 7 nitrogen and oxygen atoms in total. The first-order valence-corrected chi connectivity index (χ1v) is 10.8. The number of nitrogens with one attached hydrogen (secondary N) is 1. The van der Waals surface area contributed by atoms with Crippen molar-refractivity contribution in [1.82, 2.24) is 20.4 Å². The van der Waals surface area contributed by atoms with Gasteiger partial charge in [0.2, 0.25) is 11.7 Å². The van der Waals surface area contributed by atoms with Crippen LogP contribution in [0.15, 0.2) is 53.1 Å². The van der Waals surface area contributed by atoms with Crippen LogP contribution in [0, 0.1) is 12.7 Å². The second kappa shape index (κ2) is 9.46. The molecule has 0 bridgehead atoms. The number of aryl methyl sites for hydroxylation is 1. The number of nitrogens with zero attached hydrogens (tertiary/aromatic N) is 3. The van der Waals surface area contributed by atoms with Crippen LogP contribution in [0.4, 0.5) is 4.39 Å². The summed E-state index contributed by atoms with van der Waals surface area (Å²) in [6.07, 6.45) is 0. The van der Waals surface area contributed by atoms with Crippen molar-refractivity contribution in [2.45, 2.75) is 26.5 Å². The third-order valence-electron chi connectivity index (χ3n) is 4.49. The first-order chi connectivity index (χ1) is 15.4. The van der Waals surface area contributed by atoms with Gasteiger partial charge >= 0.3 is 0 Å². The fourth-order valence-corrected chi connectivity index (χ4v) is 3.86. The lowest BCUT2D eigenvalue weighted by atomic mass is 10.2. The number of carbonyl (C=O) groups is 1. The smallest absolute Gasteiger partial charge is 0.263 e. The maximum atomic E-state index is 13.1. The highest BCUT2D eigenvalue weighted by Gasteiger charge is 2.21. The van der Waals surface area contributed by atoms with Crippen LogP contribution in [0.25, 0.3) is 11.4 Å². The van der Waals surface area contributed by atoms with Crippen molar-refractivity contribution in [3.63, 3.8) is 0 Å². The van der Waals surface area contributed by atoms with E-state index in [0.29, 0.717) is 37.7 Å². The van der Waals surface area contributed by atoms with Gasteiger partial charge < -0.3 is 14.6 Å². The zero-order chi connectivity index (χ0) is 22.7. The normalized spacial score (nSPS) is 11.9. The van der Waals surface area contributed by atoms with Crippen LogP contribution in [0.3, 0.4) is 0 Å². The van der Waals surface area contributed by atoms with E-state index in [2.05, 4.69) is 20.4 Å². The van der Waals surface area contributed by atoms with E-state index in [9.17, 15) is 9.18 Å². The van der Waals surface area contributed by atoms with Crippen molar-refractivity contribution in [3.05, 3.63) is 80.8 Å². The summed E-state index contributed by atoms with van der Waals surface area (Å²) in [6.45, 7) is 3.74. The van der Waals surface area contributed by atoms with Gasteiger partial charge in [-0.1, -0.05) is 16.8 Å². The molecular weight excluding hydrogens is 455 g/mol. The molecule has 1 N–H and O–H groups in total. The number of aromatic nitrogens is 3. The van der Waals surface area contributed by atoms with E-state index in [1.165, 1.54) is 23.5 Å². The first kappa shape index (κ1) is 21.9. The van der Waals surface area contributed by atoms with Gasteiger partial charge in [0.05, 0.1) is 5.69 Å². The quantitative estimate of drug-likeness (QED) is 0.389. The lowest BCUT2D eigenvalue weighted by molar-refractivity contribution is 0.0936. The van der Waals surface area contributed by atoms with Gasteiger partial charge in [0.25, 0.3) is 5.91 Å². The molecule has 1 unspecified atom stereocenters. The number of hydrogen-bond acceptors (Lipinski definition) is 7. The van der Waals surface area contributed by atoms with E-state index >= 15 is 0 Å². The average Bonchev–Trinajstić information content (AvgIpc) is 3.41. The summed E-state index contributed by atoms with van der Waals surface area (Å²) < 4.78 is 24.1. The predicted molar refractivity (Wildman–Crippen MR) is 118 cm³/mol. The molecule has 0 aliphatic heterocycles. The fourth-order valence-electron chi connectivity index (χ4n) is 2.85. The number of hydrogen-bond donors (Lipinski definition) is 1. The van der Waals surface area contributed by atoms with Gasteiger partial charge in [-0.2, -0.15) is 4.98 Å². The van der Waals surface area contributed by atoms with E-state index in [1.54, 1.807) is 50.2 Å². The van der Waals surface area contributed by atoms with Crippen LogP contribution in [0.1, 0.15) is 39.2 Å². The minimum absolute atomic E-state index is 0.237. The van der Waals surface area contributed by atoms with Gasteiger partial charge in [0.15, 0.2) is 0 Å². The van der Waals surface area contributed by atoms with Crippen LogP contribution >= 0.6 is 22.9 Å². The Labute approximate surface area is 192 Å². The van der Waals surface area contributed by atoms with Crippen molar-refractivity contribution < 1.29 is 18.4 Å². The second-order valence-electron chi connectivity index (χ2n) is 6.92. The minimum atomic E-state index is -0.528. The molecule has 0 fully saturated rings. The van der Waals surface area contributed by atoms with Gasteiger partial charge in [-0.15, -0.1) is 11.3 Å². The zero-order valence-electron chi connectivity index (χ0n) is 17.1. The number of carbonyl (C=O) groups excluding carboxylic acids is 1. The maximum Gasteiger partial charge on any atom is 0.263 e. The lowest BCUT2D eigenvalue weighted by Crippen LogP contribution is -2.26. The summed E-state index contributed by atoms with van der Waals surface area (Å²) >= 11 is 7.13. The van der Waals surface area contributed by atoms with E-state index in [4.69, 9.17) is 20.9 Å². The van der Waals surface area contributed by atoms with E-state index < -0.39 is 6.04 Å². The predicted octanol–water partition coefficient (Wildman–Crippen LogP) is 5.36. The summed E-state index contributed by atoms with van der Waals surface area (Å²) in [5.41, 5.74) is 1.22. The first-order valence-electron chi connectivity index (χ1n) is 9.64. The highest BCUT2D eigenvalue weighted by molar-refractivity contribution is 7.13. The Morgan fingerprint density at radius 1 is 1.19 bits per heavy atom. The molecule has 2 aromatic heterocycles. The van der Waals surface area contributed by atoms with Crippen molar-refractivity contribution >= 4 is 28.8 Å². The van der Waals surface area contributed by atoms with Crippen LogP contribution in [0.5, 0.6) is 5.75 Å². The number of thiazole rings is 1. The molecule has 1 atom stereocenters. The third-order valence-corrected chi connectivity index (χ3v) is 5.87. The number of ether oxygens (including phenoxy) is 1. The molecule has 4 rings (SSSR count). The molecule has 0 spiro atoms. The largest absolute Gasteiger partial charge is 0.486 e. The summed E-state index contributed by atoms with van der Waals surface area (Å²) in [5, 5.41) is 8.04. The standard InChI is InChI=1S/C22H18ClFN4O3S/c1-12-19(32-18(25-12)11-30-17-9-5-15(23)6-10-17)21(29)26-13(2)22-27-20(28-31-22)14-3-7-16(24)8-4-14/h3-10,13H,11H2,1-2H3,(H,26,29). The molecule has 0 saturated carbocycles. The second-order valence-corrected chi connectivity index (χ2v) is 8.44. The van der Waals surface area contributed by atoms with Crippen molar-refractivity contribution in [3.8, 4) is 17.1 Å². The Morgan fingerprint density at radius 3 is 2.62 bits per heavy atom. The van der Waals surface area contributed by atoms with E-state index in [-0.39, 0.29) is 24.2 Å². The van der Waals surface area contributed by atoms with Gasteiger partial charge in [0, 0.05) is 10.6 Å². The van der Waals surface area contributed by atoms with Gasteiger partial charge in [-0.25, -0.2) is 9.37 Å². The molecule has 32 heavy (non-hydrogen) atoms. The molecule has 0 saturated heterocycles. The zero-order valence-corrected chi connectivity index (χ0v) is 18.7. The molecule has 0 radical (unpaired) electrons. The minimum Gasteiger partial charge on any atom is -0.486 e. The number of rotatable bonds is 7. The van der Waals surface area contributed by atoms with Crippen LogP contribution in [0.2, 0.25) is 5.02 Å². The number of amides is 1. The topological polar surface area (TPSA) is 90.1 Å². The molecule has 1 amide bonds. The number of benzene rings is 2. The summed E-state index contributed by atoms with van der Waals surface area (Å²) in [6, 6.07) is 12.2. The average molecular weight is 473 g/mol. The van der Waals surface area contributed by atoms with Crippen molar-refractivity contribution in [2.75, 3.05) is 0 Å². The van der Waals surface area contributed by atoms with Crippen LogP contribution in [-0.2, 0) is 6.61 Å². The molecule has 4 aromatic rings. The summed E-state index contributed by atoms with van der Waals surface area (Å²) in [7, 11) is 0. The molecule has 0 aliphatic rings. The Bertz CT molecular complexity index is 1220. The SMILES string of the molecule is Cc1nc(COc2ccc(Cl)cc2)sc1C(=O)NC(C)c1nc(-c2ccc(F)cc2)no1. The van der Waals surface area contributed by atoms with E-state index in [1.807, 2.05) is 0 Å². The highest BCUT2D eigenvalue weighted by atomic mass is 35.5. The fraction of sp³-hybridized carbons (Fsp3) is 0.182. The van der Waals surface area contributed by atoms with Gasteiger partial charge in [-0.05, 0) is 62.4 Å². The van der Waals surface area contributed by atoms with Crippen molar-refractivity contribution in [1.29, 1.82) is 0 Å². The number of halogens is 2. The molecule has 164 valence electrons. The van der Waals surface area contributed by atoms with Crippen LogP contribution in [-0.4, -0.2) is 21.0 Å². The molecule has 10 heteroatoms. The molecular formula is C22H18ClFN4O3S.